The van der Waals surface area contributed by atoms with E-state index in [1.165, 1.54) is 0 Å². The van der Waals surface area contributed by atoms with E-state index in [4.69, 9.17) is 0 Å². The molecular weight excluding hydrogens is 338 g/mol. The number of carbonyl (C=O) groups excluding carboxylic acids is 2. The number of hydrogen-bond acceptors (Lipinski definition) is 3. The van der Waals surface area contributed by atoms with Crippen molar-refractivity contribution in [2.75, 3.05) is 13.1 Å². The highest BCUT2D eigenvalue weighted by atomic mass is 16.2. The Morgan fingerprint density at radius 1 is 0.963 bits per heavy atom. The van der Waals surface area contributed by atoms with E-state index in [0.29, 0.717) is 24.2 Å². The van der Waals surface area contributed by atoms with Gasteiger partial charge < -0.3 is 10.6 Å². The van der Waals surface area contributed by atoms with Gasteiger partial charge >= 0.3 is 0 Å². The highest BCUT2D eigenvalue weighted by Gasteiger charge is 2.22. The molecular formula is C22H23N3O2. The van der Waals surface area contributed by atoms with Crippen LogP contribution in [0.1, 0.15) is 36.0 Å². The number of amides is 2. The fourth-order valence-electron chi connectivity index (χ4n) is 3.89. The van der Waals surface area contributed by atoms with Crippen LogP contribution in [0.3, 0.4) is 0 Å². The molecule has 5 nitrogen and oxygen atoms in total. The molecule has 1 heterocycles. The van der Waals surface area contributed by atoms with Crippen LogP contribution >= 0.6 is 0 Å². The number of nitrogens with one attached hydrogen (secondary N) is 2. The molecule has 27 heavy (non-hydrogen) atoms. The first-order chi connectivity index (χ1) is 13.2. The van der Waals surface area contributed by atoms with E-state index in [1.54, 1.807) is 6.20 Å². The molecule has 1 aliphatic carbocycles. The van der Waals surface area contributed by atoms with E-state index in [1.807, 2.05) is 42.5 Å². The lowest BCUT2D eigenvalue weighted by molar-refractivity contribution is -0.124. The number of fused-ring (bicyclic) bond motifs is 3. The lowest BCUT2D eigenvalue weighted by Gasteiger charge is -2.12. The molecule has 0 spiro atoms. The number of aromatic nitrogens is 1. The summed E-state index contributed by atoms with van der Waals surface area (Å²) >= 11 is 0. The van der Waals surface area contributed by atoms with E-state index in [9.17, 15) is 9.59 Å². The number of benzene rings is 2. The summed E-state index contributed by atoms with van der Waals surface area (Å²) in [6.45, 7) is 0.846. The van der Waals surface area contributed by atoms with E-state index in [2.05, 4.69) is 15.6 Å². The zero-order chi connectivity index (χ0) is 18.6. The first-order valence-electron chi connectivity index (χ1n) is 9.56. The number of rotatable bonds is 5. The van der Waals surface area contributed by atoms with Crippen molar-refractivity contribution in [3.63, 3.8) is 0 Å². The van der Waals surface area contributed by atoms with Crippen LogP contribution in [0.25, 0.3) is 21.7 Å². The van der Waals surface area contributed by atoms with Crippen molar-refractivity contribution in [2.45, 2.75) is 25.7 Å². The van der Waals surface area contributed by atoms with Gasteiger partial charge in [-0.15, -0.1) is 0 Å². The van der Waals surface area contributed by atoms with Crippen LogP contribution in [0.15, 0.2) is 48.7 Å². The van der Waals surface area contributed by atoms with E-state index < -0.39 is 0 Å². The topological polar surface area (TPSA) is 71.1 Å². The summed E-state index contributed by atoms with van der Waals surface area (Å²) in [4.78, 5) is 29.2. The molecule has 1 aliphatic rings. The fourth-order valence-corrected chi connectivity index (χ4v) is 3.89. The predicted octanol–water partition coefficient (Wildman–Crippen LogP) is 3.42. The van der Waals surface area contributed by atoms with Gasteiger partial charge in [0.1, 0.15) is 0 Å². The SMILES string of the molecule is O=C(NCCNC(=O)C1CCCC1)c1cc2ccccc2c2cccnc12. The summed E-state index contributed by atoms with van der Waals surface area (Å²) in [7, 11) is 0. The first-order valence-corrected chi connectivity index (χ1v) is 9.56. The third-order valence-corrected chi connectivity index (χ3v) is 5.29. The van der Waals surface area contributed by atoms with E-state index in [0.717, 1.165) is 41.8 Å². The van der Waals surface area contributed by atoms with Crippen molar-refractivity contribution in [2.24, 2.45) is 5.92 Å². The Labute approximate surface area is 158 Å². The minimum absolute atomic E-state index is 0.111. The van der Waals surface area contributed by atoms with Crippen molar-refractivity contribution in [3.05, 3.63) is 54.2 Å². The summed E-state index contributed by atoms with van der Waals surface area (Å²) in [6.07, 6.45) is 5.93. The maximum absolute atomic E-state index is 12.7. The van der Waals surface area contributed by atoms with Crippen LogP contribution in [0.2, 0.25) is 0 Å². The molecule has 2 N–H and O–H groups in total. The molecule has 2 aromatic carbocycles. The van der Waals surface area contributed by atoms with Crippen LogP contribution in [0.4, 0.5) is 0 Å². The Bertz CT molecular complexity index is 993. The number of carbonyl (C=O) groups is 2. The number of nitrogens with zero attached hydrogens (tertiary/aromatic N) is 1. The molecule has 2 amide bonds. The molecule has 0 radical (unpaired) electrons. The van der Waals surface area contributed by atoms with Crippen LogP contribution < -0.4 is 10.6 Å². The van der Waals surface area contributed by atoms with Gasteiger partial charge in [0.15, 0.2) is 0 Å². The van der Waals surface area contributed by atoms with Gasteiger partial charge in [0.2, 0.25) is 5.91 Å². The van der Waals surface area contributed by atoms with Gasteiger partial charge in [-0.1, -0.05) is 43.2 Å². The van der Waals surface area contributed by atoms with Gasteiger partial charge in [0.25, 0.3) is 5.91 Å². The Morgan fingerprint density at radius 2 is 1.70 bits per heavy atom. The second-order valence-electron chi connectivity index (χ2n) is 7.07. The summed E-state index contributed by atoms with van der Waals surface area (Å²) in [5.41, 5.74) is 1.26. The minimum Gasteiger partial charge on any atom is -0.354 e. The molecule has 0 atom stereocenters. The van der Waals surface area contributed by atoms with Crippen molar-refractivity contribution in [1.29, 1.82) is 0 Å². The Hall–Kier alpha value is -2.95. The van der Waals surface area contributed by atoms with Crippen LogP contribution in [-0.4, -0.2) is 29.9 Å². The second kappa shape index (κ2) is 7.74. The zero-order valence-corrected chi connectivity index (χ0v) is 15.2. The summed E-state index contributed by atoms with van der Waals surface area (Å²) in [5.74, 6) is 0.0912. The van der Waals surface area contributed by atoms with E-state index in [-0.39, 0.29) is 17.7 Å². The van der Waals surface area contributed by atoms with Crippen LogP contribution in [-0.2, 0) is 4.79 Å². The van der Waals surface area contributed by atoms with Gasteiger partial charge in [-0.3, -0.25) is 14.6 Å². The summed E-state index contributed by atoms with van der Waals surface area (Å²) in [6, 6.07) is 13.8. The van der Waals surface area contributed by atoms with Crippen LogP contribution in [0, 0.1) is 5.92 Å². The van der Waals surface area contributed by atoms with E-state index >= 15 is 0 Å². The van der Waals surface area contributed by atoms with Crippen molar-refractivity contribution >= 4 is 33.5 Å². The zero-order valence-electron chi connectivity index (χ0n) is 15.2. The lowest BCUT2D eigenvalue weighted by atomic mass is 10.0. The average Bonchev–Trinajstić information content (AvgIpc) is 3.25. The number of hydrogen-bond donors (Lipinski definition) is 2. The smallest absolute Gasteiger partial charge is 0.253 e. The van der Waals surface area contributed by atoms with Crippen molar-refractivity contribution < 1.29 is 9.59 Å². The molecule has 0 bridgehead atoms. The molecule has 1 saturated carbocycles. The highest BCUT2D eigenvalue weighted by Crippen LogP contribution is 2.27. The second-order valence-corrected chi connectivity index (χ2v) is 7.07. The Kier molecular flexibility index (Phi) is 5.01. The standard InChI is InChI=1S/C22H23N3O2/c26-21(15-6-1-2-7-15)24-12-13-25-22(27)19-14-16-8-3-4-9-17(16)18-10-5-11-23-20(18)19/h3-5,8-11,14-15H,1-2,6-7,12-13H2,(H,24,26)(H,25,27). The Morgan fingerprint density at radius 3 is 2.56 bits per heavy atom. The summed E-state index contributed by atoms with van der Waals surface area (Å²) in [5, 5.41) is 8.90. The molecule has 0 unspecified atom stereocenters. The molecule has 1 fully saturated rings. The average molecular weight is 361 g/mol. The Balaban J connectivity index is 1.46. The fraction of sp³-hybridized carbons (Fsp3) is 0.318. The maximum atomic E-state index is 12.7. The molecule has 5 heteroatoms. The predicted molar refractivity (Wildman–Crippen MR) is 107 cm³/mol. The first kappa shape index (κ1) is 17.5. The summed E-state index contributed by atoms with van der Waals surface area (Å²) < 4.78 is 0. The normalized spacial score (nSPS) is 14.5. The van der Waals surface area contributed by atoms with Gasteiger partial charge in [-0.2, -0.15) is 0 Å². The molecule has 0 aliphatic heterocycles. The number of pyridine rings is 1. The highest BCUT2D eigenvalue weighted by molar-refractivity contribution is 6.15. The van der Waals surface area contributed by atoms with Crippen molar-refractivity contribution in [3.8, 4) is 0 Å². The van der Waals surface area contributed by atoms with Crippen molar-refractivity contribution in [1.82, 2.24) is 15.6 Å². The third kappa shape index (κ3) is 3.63. The molecule has 0 saturated heterocycles. The minimum atomic E-state index is -0.167. The van der Waals surface area contributed by atoms with Gasteiger partial charge in [0, 0.05) is 30.6 Å². The molecule has 4 rings (SSSR count). The monoisotopic (exact) mass is 361 g/mol. The molecule has 138 valence electrons. The van der Waals surface area contributed by atoms with Gasteiger partial charge in [-0.25, -0.2) is 0 Å². The lowest BCUT2D eigenvalue weighted by Crippen LogP contribution is -2.37. The maximum Gasteiger partial charge on any atom is 0.253 e. The largest absolute Gasteiger partial charge is 0.354 e. The third-order valence-electron chi connectivity index (χ3n) is 5.29. The molecule has 3 aromatic rings. The van der Waals surface area contributed by atoms with Gasteiger partial charge in [-0.05, 0) is 35.7 Å². The van der Waals surface area contributed by atoms with Gasteiger partial charge in [0.05, 0.1) is 11.1 Å². The van der Waals surface area contributed by atoms with Crippen LogP contribution in [0.5, 0.6) is 0 Å². The molecule has 1 aromatic heterocycles. The quantitative estimate of drug-likeness (QED) is 0.540.